The fraction of sp³-hybridized carbons (Fsp3) is 0.333. The number of carbonyl (C=O) groups excluding carboxylic acids is 1. The highest BCUT2D eigenvalue weighted by Gasteiger charge is 2.41. The number of carbonyl (C=O) groups is 1. The first kappa shape index (κ1) is 22.2. The predicted molar refractivity (Wildman–Crippen MR) is 110 cm³/mol. The lowest BCUT2D eigenvalue weighted by Crippen LogP contribution is -2.44. The van der Waals surface area contributed by atoms with E-state index in [1.54, 1.807) is 12.1 Å². The van der Waals surface area contributed by atoms with Crippen molar-refractivity contribution in [3.63, 3.8) is 0 Å². The first-order chi connectivity index (χ1) is 15.3. The third kappa shape index (κ3) is 4.61. The van der Waals surface area contributed by atoms with Crippen LogP contribution in [0.15, 0.2) is 48.9 Å². The van der Waals surface area contributed by atoms with Crippen molar-refractivity contribution >= 4 is 17.5 Å². The van der Waals surface area contributed by atoms with Gasteiger partial charge in [-0.25, -0.2) is 14.6 Å². The molecule has 1 fully saturated rings. The molecule has 0 radical (unpaired) electrons. The Kier molecular flexibility index (Phi) is 6.16. The SMILES string of the molecule is O=C(NCC1(c2ccc(Cl)cc2)CCOCC1)c1cn(-c2ncccn2)nc1C(F)(F)F. The van der Waals surface area contributed by atoms with Crippen LogP contribution in [0.2, 0.25) is 5.02 Å². The molecule has 7 nitrogen and oxygen atoms in total. The lowest BCUT2D eigenvalue weighted by molar-refractivity contribution is -0.141. The first-order valence-electron chi connectivity index (χ1n) is 9.85. The van der Waals surface area contributed by atoms with Crippen molar-refractivity contribution < 1.29 is 22.7 Å². The fourth-order valence-electron chi connectivity index (χ4n) is 3.74. The number of hydrogen-bond donors (Lipinski definition) is 1. The number of rotatable bonds is 5. The number of nitrogens with zero attached hydrogens (tertiary/aromatic N) is 4. The van der Waals surface area contributed by atoms with Gasteiger partial charge in [0.2, 0.25) is 5.95 Å². The Bertz CT molecular complexity index is 1080. The molecule has 32 heavy (non-hydrogen) atoms. The van der Waals surface area contributed by atoms with Gasteiger partial charge >= 0.3 is 6.18 Å². The van der Waals surface area contributed by atoms with Crippen molar-refractivity contribution in [2.24, 2.45) is 0 Å². The summed E-state index contributed by atoms with van der Waals surface area (Å²) in [5.74, 6) is -0.946. The number of aromatic nitrogens is 4. The molecule has 4 rings (SSSR count). The summed E-state index contributed by atoms with van der Waals surface area (Å²) in [7, 11) is 0. The van der Waals surface area contributed by atoms with Crippen molar-refractivity contribution in [1.29, 1.82) is 0 Å². The highest BCUT2D eigenvalue weighted by molar-refractivity contribution is 6.30. The summed E-state index contributed by atoms with van der Waals surface area (Å²) < 4.78 is 47.1. The van der Waals surface area contributed by atoms with Gasteiger partial charge in [0.15, 0.2) is 5.69 Å². The molecule has 3 heterocycles. The van der Waals surface area contributed by atoms with Gasteiger partial charge in [-0.05, 0) is 36.6 Å². The van der Waals surface area contributed by atoms with Crippen molar-refractivity contribution in [3.05, 3.63) is 70.8 Å². The van der Waals surface area contributed by atoms with E-state index in [4.69, 9.17) is 16.3 Å². The van der Waals surface area contributed by atoms with E-state index in [0.717, 1.165) is 16.4 Å². The van der Waals surface area contributed by atoms with E-state index < -0.39 is 28.8 Å². The van der Waals surface area contributed by atoms with Crippen molar-refractivity contribution in [2.75, 3.05) is 19.8 Å². The molecule has 1 amide bonds. The second-order valence-electron chi connectivity index (χ2n) is 7.46. The molecule has 1 aromatic carbocycles. The van der Waals surface area contributed by atoms with Crippen LogP contribution in [0.5, 0.6) is 0 Å². The molecule has 0 aliphatic carbocycles. The van der Waals surface area contributed by atoms with Crippen LogP contribution in [0.4, 0.5) is 13.2 Å². The van der Waals surface area contributed by atoms with E-state index >= 15 is 0 Å². The number of alkyl halides is 3. The third-order valence-electron chi connectivity index (χ3n) is 5.48. The summed E-state index contributed by atoms with van der Waals surface area (Å²) in [5, 5.41) is 6.78. The summed E-state index contributed by atoms with van der Waals surface area (Å²) >= 11 is 6.00. The molecule has 1 saturated heterocycles. The summed E-state index contributed by atoms with van der Waals surface area (Å²) in [6.07, 6.45) is 0.137. The zero-order valence-electron chi connectivity index (χ0n) is 16.8. The van der Waals surface area contributed by atoms with Crippen LogP contribution in [0.3, 0.4) is 0 Å². The lowest BCUT2D eigenvalue weighted by Gasteiger charge is -2.38. The van der Waals surface area contributed by atoms with Gasteiger partial charge in [0.25, 0.3) is 5.91 Å². The molecule has 0 saturated carbocycles. The van der Waals surface area contributed by atoms with E-state index in [1.807, 2.05) is 12.1 Å². The smallest absolute Gasteiger partial charge is 0.381 e. The van der Waals surface area contributed by atoms with Gasteiger partial charge in [0.1, 0.15) is 0 Å². The number of ether oxygens (including phenoxy) is 1. The van der Waals surface area contributed by atoms with Crippen LogP contribution in [-0.2, 0) is 16.3 Å². The molecule has 3 aromatic rings. The Hall–Kier alpha value is -2.98. The molecule has 2 aromatic heterocycles. The van der Waals surface area contributed by atoms with Crippen molar-refractivity contribution in [3.8, 4) is 5.95 Å². The molecular formula is C21H19ClF3N5O2. The van der Waals surface area contributed by atoms with Gasteiger partial charge in [-0.15, -0.1) is 0 Å². The Labute approximate surface area is 186 Å². The molecule has 0 bridgehead atoms. The van der Waals surface area contributed by atoms with Gasteiger partial charge in [0, 0.05) is 48.8 Å². The lowest BCUT2D eigenvalue weighted by atomic mass is 9.74. The largest absolute Gasteiger partial charge is 0.435 e. The normalized spacial score (nSPS) is 16.0. The Morgan fingerprint density at radius 2 is 1.81 bits per heavy atom. The standard InChI is InChI=1S/C21H19ClF3N5O2/c22-15-4-2-14(3-5-15)20(6-10-32-11-7-20)13-28-18(31)16-12-30(19-26-8-1-9-27-19)29-17(16)21(23,24)25/h1-5,8-9,12H,6-7,10-11,13H2,(H,28,31). The summed E-state index contributed by atoms with van der Waals surface area (Å²) in [4.78, 5) is 20.6. The summed E-state index contributed by atoms with van der Waals surface area (Å²) in [6.45, 7) is 1.10. The van der Waals surface area contributed by atoms with E-state index in [2.05, 4.69) is 20.4 Å². The zero-order valence-corrected chi connectivity index (χ0v) is 17.5. The van der Waals surface area contributed by atoms with Gasteiger partial charge in [-0.2, -0.15) is 18.3 Å². The second-order valence-corrected chi connectivity index (χ2v) is 7.90. The highest BCUT2D eigenvalue weighted by atomic mass is 35.5. The Morgan fingerprint density at radius 1 is 1.16 bits per heavy atom. The van der Waals surface area contributed by atoms with Crippen LogP contribution in [0.25, 0.3) is 5.95 Å². The minimum absolute atomic E-state index is 0.0703. The number of nitrogens with one attached hydrogen (secondary N) is 1. The van der Waals surface area contributed by atoms with Gasteiger partial charge in [-0.1, -0.05) is 23.7 Å². The average molecular weight is 466 g/mol. The molecule has 0 unspecified atom stereocenters. The monoisotopic (exact) mass is 465 g/mol. The van der Waals surface area contributed by atoms with E-state index in [-0.39, 0.29) is 12.5 Å². The number of amides is 1. The van der Waals surface area contributed by atoms with Crippen LogP contribution < -0.4 is 5.32 Å². The minimum Gasteiger partial charge on any atom is -0.381 e. The Balaban J connectivity index is 1.61. The van der Waals surface area contributed by atoms with Gasteiger partial charge < -0.3 is 10.1 Å². The number of hydrogen-bond acceptors (Lipinski definition) is 5. The van der Waals surface area contributed by atoms with Gasteiger partial charge in [-0.3, -0.25) is 4.79 Å². The topological polar surface area (TPSA) is 81.9 Å². The third-order valence-corrected chi connectivity index (χ3v) is 5.73. The molecule has 0 spiro atoms. The molecule has 1 aliphatic rings. The summed E-state index contributed by atoms with van der Waals surface area (Å²) in [6, 6.07) is 8.76. The quantitative estimate of drug-likeness (QED) is 0.619. The van der Waals surface area contributed by atoms with E-state index in [0.29, 0.717) is 31.1 Å². The van der Waals surface area contributed by atoms with E-state index in [1.165, 1.54) is 18.5 Å². The van der Waals surface area contributed by atoms with Crippen molar-refractivity contribution in [1.82, 2.24) is 25.1 Å². The molecule has 0 atom stereocenters. The second kappa shape index (κ2) is 8.87. The van der Waals surface area contributed by atoms with Crippen LogP contribution in [0.1, 0.15) is 34.5 Å². The number of benzene rings is 1. The van der Waals surface area contributed by atoms with Crippen LogP contribution >= 0.6 is 11.6 Å². The number of halogens is 4. The highest BCUT2D eigenvalue weighted by Crippen LogP contribution is 2.35. The Morgan fingerprint density at radius 3 is 2.44 bits per heavy atom. The zero-order chi connectivity index (χ0) is 22.8. The molecule has 168 valence electrons. The molecule has 1 aliphatic heterocycles. The maximum absolute atomic E-state index is 13.6. The average Bonchev–Trinajstić information content (AvgIpc) is 3.26. The first-order valence-corrected chi connectivity index (χ1v) is 10.2. The van der Waals surface area contributed by atoms with Gasteiger partial charge in [0.05, 0.1) is 5.56 Å². The molecule has 1 N–H and O–H groups in total. The minimum atomic E-state index is -4.82. The van der Waals surface area contributed by atoms with E-state index in [9.17, 15) is 18.0 Å². The maximum atomic E-state index is 13.6. The van der Waals surface area contributed by atoms with Crippen LogP contribution in [-0.4, -0.2) is 45.4 Å². The fourth-order valence-corrected chi connectivity index (χ4v) is 3.87. The molecule has 11 heteroatoms. The maximum Gasteiger partial charge on any atom is 0.435 e. The predicted octanol–water partition coefficient (Wildman–Crippen LogP) is 3.81. The molecular weight excluding hydrogens is 447 g/mol. The van der Waals surface area contributed by atoms with Crippen LogP contribution in [0, 0.1) is 0 Å². The summed E-state index contributed by atoms with van der Waals surface area (Å²) in [5.41, 5.74) is -1.43. The van der Waals surface area contributed by atoms with Crippen molar-refractivity contribution in [2.45, 2.75) is 24.4 Å².